The molecule has 3 aromatic heterocycles. The second-order valence-electron chi connectivity index (χ2n) is 5.57. The minimum Gasteiger partial charge on any atom is -0.339 e. The SMILES string of the molecule is N=C(Nc1ccc(F)c(Cl)c1)c1nonc1Cn1nnc(-c2cccnc2)n1. The summed E-state index contributed by atoms with van der Waals surface area (Å²) in [5.74, 6) is -0.254. The Hall–Kier alpha value is -3.73. The number of benzene rings is 1. The van der Waals surface area contributed by atoms with Crippen LogP contribution in [0, 0.1) is 11.2 Å². The van der Waals surface area contributed by atoms with Crippen molar-refractivity contribution in [2.75, 3.05) is 5.32 Å². The third-order valence-corrected chi connectivity index (χ3v) is 3.94. The highest BCUT2D eigenvalue weighted by Crippen LogP contribution is 2.20. The highest BCUT2D eigenvalue weighted by atomic mass is 35.5. The predicted molar refractivity (Wildman–Crippen MR) is 96.3 cm³/mol. The van der Waals surface area contributed by atoms with E-state index in [1.54, 1.807) is 18.5 Å². The van der Waals surface area contributed by atoms with Gasteiger partial charge < -0.3 is 5.32 Å². The van der Waals surface area contributed by atoms with Crippen LogP contribution in [0.4, 0.5) is 10.1 Å². The van der Waals surface area contributed by atoms with Gasteiger partial charge >= 0.3 is 0 Å². The van der Waals surface area contributed by atoms with Crippen molar-refractivity contribution in [3.63, 3.8) is 0 Å². The van der Waals surface area contributed by atoms with Crippen LogP contribution in [0.5, 0.6) is 0 Å². The van der Waals surface area contributed by atoms with Gasteiger partial charge in [-0.2, -0.15) is 4.80 Å². The molecule has 0 aliphatic carbocycles. The van der Waals surface area contributed by atoms with Gasteiger partial charge in [0.2, 0.25) is 5.82 Å². The Labute approximate surface area is 161 Å². The lowest BCUT2D eigenvalue weighted by atomic mass is 10.2. The Morgan fingerprint density at radius 1 is 1.29 bits per heavy atom. The van der Waals surface area contributed by atoms with Crippen LogP contribution < -0.4 is 5.32 Å². The van der Waals surface area contributed by atoms with Gasteiger partial charge in [-0.3, -0.25) is 10.4 Å². The number of hydrogen-bond donors (Lipinski definition) is 2. The van der Waals surface area contributed by atoms with Crippen LogP contribution in [-0.2, 0) is 6.54 Å². The summed E-state index contributed by atoms with van der Waals surface area (Å²) in [5.41, 5.74) is 1.61. The van der Waals surface area contributed by atoms with E-state index in [1.165, 1.54) is 23.0 Å². The second kappa shape index (κ2) is 7.48. The van der Waals surface area contributed by atoms with Crippen LogP contribution in [0.3, 0.4) is 0 Å². The predicted octanol–water partition coefficient (Wildman–Crippen LogP) is 2.40. The summed E-state index contributed by atoms with van der Waals surface area (Å²) >= 11 is 5.75. The van der Waals surface area contributed by atoms with E-state index >= 15 is 0 Å². The normalized spacial score (nSPS) is 10.8. The zero-order valence-electron chi connectivity index (χ0n) is 14.0. The highest BCUT2D eigenvalue weighted by Gasteiger charge is 2.18. The Kier molecular flexibility index (Phi) is 4.72. The van der Waals surface area contributed by atoms with Crippen molar-refractivity contribution < 1.29 is 9.02 Å². The molecule has 0 aliphatic rings. The molecule has 4 rings (SSSR count). The monoisotopic (exact) mass is 399 g/mol. The van der Waals surface area contributed by atoms with Gasteiger partial charge in [0.1, 0.15) is 18.1 Å². The Balaban J connectivity index is 1.50. The molecular weight excluding hydrogens is 389 g/mol. The second-order valence-corrected chi connectivity index (χ2v) is 5.98. The Morgan fingerprint density at radius 2 is 2.18 bits per heavy atom. The maximum Gasteiger partial charge on any atom is 0.206 e. The molecule has 0 saturated carbocycles. The van der Waals surface area contributed by atoms with E-state index < -0.39 is 5.82 Å². The number of aromatic nitrogens is 7. The van der Waals surface area contributed by atoms with Crippen molar-refractivity contribution in [2.45, 2.75) is 6.54 Å². The summed E-state index contributed by atoms with van der Waals surface area (Å²) in [6, 6.07) is 7.58. The molecule has 0 unspecified atom stereocenters. The van der Waals surface area contributed by atoms with Crippen LogP contribution in [-0.4, -0.2) is 41.3 Å². The van der Waals surface area contributed by atoms with Crippen molar-refractivity contribution in [3.8, 4) is 11.4 Å². The molecule has 0 fully saturated rings. The van der Waals surface area contributed by atoms with Gasteiger partial charge in [-0.1, -0.05) is 16.8 Å². The van der Waals surface area contributed by atoms with Crippen molar-refractivity contribution in [1.82, 2.24) is 35.5 Å². The molecule has 3 heterocycles. The fourth-order valence-electron chi connectivity index (χ4n) is 2.33. The topological polar surface area (TPSA) is 131 Å². The minimum absolute atomic E-state index is 0.0638. The molecule has 1 aromatic carbocycles. The summed E-state index contributed by atoms with van der Waals surface area (Å²) < 4.78 is 18.0. The third kappa shape index (κ3) is 3.69. The molecule has 28 heavy (non-hydrogen) atoms. The number of tetrazole rings is 1. The third-order valence-electron chi connectivity index (χ3n) is 3.65. The molecule has 12 heteroatoms. The molecule has 0 bridgehead atoms. The summed E-state index contributed by atoms with van der Waals surface area (Å²) in [6.07, 6.45) is 3.27. The van der Waals surface area contributed by atoms with E-state index in [1.807, 2.05) is 6.07 Å². The summed E-state index contributed by atoms with van der Waals surface area (Å²) in [6.45, 7) is 0.0837. The number of nitrogens with one attached hydrogen (secondary N) is 2. The van der Waals surface area contributed by atoms with Crippen LogP contribution in [0.1, 0.15) is 11.4 Å². The number of hydrogen-bond acceptors (Lipinski definition) is 8. The van der Waals surface area contributed by atoms with Gasteiger partial charge in [0, 0.05) is 23.6 Å². The zero-order chi connectivity index (χ0) is 19.5. The summed E-state index contributed by atoms with van der Waals surface area (Å²) in [4.78, 5) is 5.31. The molecular formula is C16H11ClFN9O. The van der Waals surface area contributed by atoms with Gasteiger partial charge in [0.05, 0.1) is 5.02 Å². The van der Waals surface area contributed by atoms with Gasteiger partial charge in [-0.15, -0.1) is 10.2 Å². The van der Waals surface area contributed by atoms with Crippen molar-refractivity contribution in [1.29, 1.82) is 5.41 Å². The van der Waals surface area contributed by atoms with E-state index in [0.29, 0.717) is 17.2 Å². The van der Waals surface area contributed by atoms with Gasteiger partial charge in [0.25, 0.3) is 0 Å². The average Bonchev–Trinajstić information content (AvgIpc) is 3.35. The number of anilines is 1. The molecule has 0 amide bonds. The van der Waals surface area contributed by atoms with Crippen LogP contribution in [0.15, 0.2) is 47.4 Å². The molecule has 0 atom stereocenters. The average molecular weight is 400 g/mol. The Bertz CT molecular complexity index is 1130. The molecule has 4 aromatic rings. The van der Waals surface area contributed by atoms with E-state index in [2.05, 4.69) is 36.0 Å². The molecule has 0 saturated heterocycles. The fraction of sp³-hybridized carbons (Fsp3) is 0.0625. The van der Waals surface area contributed by atoms with E-state index in [4.69, 9.17) is 21.6 Å². The zero-order valence-corrected chi connectivity index (χ0v) is 14.8. The summed E-state index contributed by atoms with van der Waals surface area (Å²) in [7, 11) is 0. The molecule has 0 radical (unpaired) electrons. The lowest BCUT2D eigenvalue weighted by molar-refractivity contribution is 0.301. The van der Waals surface area contributed by atoms with Crippen molar-refractivity contribution in [2.24, 2.45) is 0 Å². The van der Waals surface area contributed by atoms with Crippen molar-refractivity contribution >= 4 is 23.1 Å². The number of rotatable bonds is 5. The molecule has 10 nitrogen and oxygen atoms in total. The number of halogens is 2. The van der Waals surface area contributed by atoms with E-state index in [0.717, 1.165) is 5.56 Å². The van der Waals surface area contributed by atoms with Crippen LogP contribution in [0.2, 0.25) is 5.02 Å². The first-order valence-electron chi connectivity index (χ1n) is 7.91. The molecule has 0 aliphatic heterocycles. The van der Waals surface area contributed by atoms with E-state index in [9.17, 15) is 4.39 Å². The summed E-state index contributed by atoms with van der Waals surface area (Å²) in [5, 5.41) is 30.6. The Morgan fingerprint density at radius 3 is 2.96 bits per heavy atom. The van der Waals surface area contributed by atoms with Crippen LogP contribution in [0.25, 0.3) is 11.4 Å². The minimum atomic E-state index is -0.552. The van der Waals surface area contributed by atoms with Gasteiger partial charge in [-0.25, -0.2) is 9.02 Å². The first-order chi connectivity index (χ1) is 13.6. The lowest BCUT2D eigenvalue weighted by Crippen LogP contribution is -2.16. The molecule has 0 spiro atoms. The first kappa shape index (κ1) is 17.7. The lowest BCUT2D eigenvalue weighted by Gasteiger charge is -2.07. The quantitative estimate of drug-likeness (QED) is 0.386. The first-order valence-corrected chi connectivity index (χ1v) is 8.28. The molecule has 2 N–H and O–H groups in total. The number of nitrogens with zero attached hydrogens (tertiary/aromatic N) is 7. The molecule has 140 valence electrons. The largest absolute Gasteiger partial charge is 0.339 e. The maximum absolute atomic E-state index is 13.3. The van der Waals surface area contributed by atoms with E-state index in [-0.39, 0.29) is 23.1 Å². The standard InChI is InChI=1S/C16H11ClFN9O/c17-11-6-10(3-4-12(11)18)21-15(19)14-13(24-28-25-14)8-27-23-16(22-26-27)9-2-1-5-20-7-9/h1-7H,8H2,(H2,19,21). The fourth-order valence-corrected chi connectivity index (χ4v) is 2.51. The van der Waals surface area contributed by atoms with Crippen LogP contribution >= 0.6 is 11.6 Å². The van der Waals surface area contributed by atoms with Gasteiger partial charge in [-0.05, 0) is 40.7 Å². The van der Waals surface area contributed by atoms with Gasteiger partial charge in [0.15, 0.2) is 11.5 Å². The number of amidine groups is 1. The maximum atomic E-state index is 13.3. The highest BCUT2D eigenvalue weighted by molar-refractivity contribution is 6.31. The van der Waals surface area contributed by atoms with Crippen molar-refractivity contribution in [3.05, 3.63) is 65.0 Å². The smallest absolute Gasteiger partial charge is 0.206 e. The number of pyridine rings is 1.